The number of halogens is 1. The molecule has 0 heterocycles. The fourth-order valence-corrected chi connectivity index (χ4v) is 2.35. The quantitative estimate of drug-likeness (QED) is 0.823. The molecule has 0 aliphatic rings. The zero-order valence-corrected chi connectivity index (χ0v) is 14.1. The Morgan fingerprint density at radius 3 is 2.10 bits per heavy atom. The molecule has 2 aromatic rings. The third kappa shape index (κ3) is 4.18. The molecule has 0 bridgehead atoms. The summed E-state index contributed by atoms with van der Waals surface area (Å²) < 4.78 is 1.01. The van der Waals surface area contributed by atoms with Crippen LogP contribution in [0.2, 0.25) is 0 Å². The lowest BCUT2D eigenvalue weighted by molar-refractivity contribution is -0.127. The Morgan fingerprint density at radius 2 is 1.57 bits per heavy atom. The first kappa shape index (κ1) is 15.8. The predicted octanol–water partition coefficient (Wildman–Crippen LogP) is 5.22. The average Bonchev–Trinajstić information content (AvgIpc) is 2.45. The first-order valence-electron chi connectivity index (χ1n) is 6.99. The number of anilines is 1. The standard InChI is InChI=1S/C18H20BrNO/c1-18(2,3)17(21)16(13-9-11-14(19)12-10-13)20-15-7-5-4-6-8-15/h4-12,16,20H,1-3H3. The highest BCUT2D eigenvalue weighted by molar-refractivity contribution is 9.10. The minimum absolute atomic E-state index is 0.175. The van der Waals surface area contributed by atoms with Crippen molar-refractivity contribution in [3.05, 3.63) is 64.6 Å². The lowest BCUT2D eigenvalue weighted by Gasteiger charge is -2.26. The van der Waals surface area contributed by atoms with E-state index in [1.54, 1.807) is 0 Å². The van der Waals surface area contributed by atoms with Gasteiger partial charge in [0.1, 0.15) is 6.04 Å². The van der Waals surface area contributed by atoms with E-state index in [1.807, 2.05) is 75.4 Å². The third-order valence-corrected chi connectivity index (χ3v) is 3.82. The van der Waals surface area contributed by atoms with Crippen molar-refractivity contribution in [1.82, 2.24) is 0 Å². The number of hydrogen-bond donors (Lipinski definition) is 1. The molecule has 0 fully saturated rings. The summed E-state index contributed by atoms with van der Waals surface area (Å²) in [5.41, 5.74) is 1.52. The normalized spacial score (nSPS) is 12.8. The fourth-order valence-electron chi connectivity index (χ4n) is 2.09. The van der Waals surface area contributed by atoms with Crippen LogP contribution >= 0.6 is 15.9 Å². The average molecular weight is 346 g/mol. The molecule has 21 heavy (non-hydrogen) atoms. The fraction of sp³-hybridized carbons (Fsp3) is 0.278. The number of ketones is 1. The summed E-state index contributed by atoms with van der Waals surface area (Å²) in [4.78, 5) is 12.8. The zero-order valence-electron chi connectivity index (χ0n) is 12.6. The molecule has 0 aromatic heterocycles. The van der Waals surface area contributed by atoms with Gasteiger partial charge in [0.2, 0.25) is 0 Å². The molecule has 0 aliphatic carbocycles. The Labute approximate surface area is 134 Å². The summed E-state index contributed by atoms with van der Waals surface area (Å²) >= 11 is 3.43. The maximum Gasteiger partial charge on any atom is 0.164 e. The van der Waals surface area contributed by atoms with Crippen LogP contribution in [0.4, 0.5) is 5.69 Å². The Kier molecular flexibility index (Phi) is 4.84. The number of carbonyl (C=O) groups excluding carboxylic acids is 1. The van der Waals surface area contributed by atoms with Crippen LogP contribution in [-0.2, 0) is 4.79 Å². The molecule has 0 radical (unpaired) electrons. The lowest BCUT2D eigenvalue weighted by atomic mass is 9.84. The summed E-state index contributed by atoms with van der Waals surface area (Å²) in [6, 6.07) is 17.4. The van der Waals surface area contributed by atoms with Gasteiger partial charge in [-0.25, -0.2) is 0 Å². The Balaban J connectivity index is 2.35. The van der Waals surface area contributed by atoms with Crippen LogP contribution in [0.1, 0.15) is 32.4 Å². The lowest BCUT2D eigenvalue weighted by Crippen LogP contribution is -2.31. The second-order valence-electron chi connectivity index (χ2n) is 6.11. The minimum atomic E-state index is -0.403. The van der Waals surface area contributed by atoms with Gasteiger partial charge in [-0.1, -0.05) is 67.0 Å². The molecular formula is C18H20BrNO. The molecule has 0 aliphatic heterocycles. The number of para-hydroxylation sites is 1. The summed E-state index contributed by atoms with van der Waals surface area (Å²) in [5, 5.41) is 3.36. The van der Waals surface area contributed by atoms with Gasteiger partial charge in [0.05, 0.1) is 0 Å². The van der Waals surface area contributed by atoms with E-state index in [4.69, 9.17) is 0 Å². The van der Waals surface area contributed by atoms with Crippen molar-refractivity contribution < 1.29 is 4.79 Å². The van der Waals surface area contributed by atoms with E-state index in [9.17, 15) is 4.79 Å². The Hall–Kier alpha value is -1.61. The summed E-state index contributed by atoms with van der Waals surface area (Å²) in [7, 11) is 0. The monoisotopic (exact) mass is 345 g/mol. The molecule has 0 amide bonds. The maximum absolute atomic E-state index is 12.8. The number of rotatable bonds is 4. The topological polar surface area (TPSA) is 29.1 Å². The zero-order chi connectivity index (χ0) is 15.5. The summed E-state index contributed by atoms with van der Waals surface area (Å²) in [6.45, 7) is 5.86. The van der Waals surface area contributed by atoms with Crippen molar-refractivity contribution in [2.24, 2.45) is 5.41 Å². The van der Waals surface area contributed by atoms with Crippen LogP contribution in [0.25, 0.3) is 0 Å². The van der Waals surface area contributed by atoms with E-state index in [1.165, 1.54) is 0 Å². The van der Waals surface area contributed by atoms with Crippen LogP contribution in [0, 0.1) is 5.41 Å². The van der Waals surface area contributed by atoms with Crippen molar-refractivity contribution in [3.63, 3.8) is 0 Å². The third-order valence-electron chi connectivity index (χ3n) is 3.29. The Morgan fingerprint density at radius 1 is 1.00 bits per heavy atom. The van der Waals surface area contributed by atoms with E-state index < -0.39 is 5.41 Å². The molecule has 2 nitrogen and oxygen atoms in total. The molecule has 1 atom stereocenters. The van der Waals surface area contributed by atoms with Crippen LogP contribution in [0.5, 0.6) is 0 Å². The van der Waals surface area contributed by atoms with E-state index in [0.29, 0.717) is 0 Å². The number of carbonyl (C=O) groups is 1. The number of hydrogen-bond acceptors (Lipinski definition) is 2. The summed E-state index contributed by atoms with van der Waals surface area (Å²) in [5.74, 6) is 0.175. The van der Waals surface area contributed by atoms with Gasteiger partial charge in [-0.3, -0.25) is 4.79 Å². The first-order chi connectivity index (χ1) is 9.88. The van der Waals surface area contributed by atoms with Crippen molar-refractivity contribution in [3.8, 4) is 0 Å². The second-order valence-corrected chi connectivity index (χ2v) is 7.02. The summed E-state index contributed by atoms with van der Waals surface area (Å²) in [6.07, 6.45) is 0. The van der Waals surface area contributed by atoms with Crippen molar-refractivity contribution in [1.29, 1.82) is 0 Å². The van der Waals surface area contributed by atoms with Gasteiger partial charge in [-0.15, -0.1) is 0 Å². The van der Waals surface area contributed by atoms with E-state index >= 15 is 0 Å². The van der Waals surface area contributed by atoms with Crippen LogP contribution in [-0.4, -0.2) is 5.78 Å². The molecule has 0 saturated heterocycles. The van der Waals surface area contributed by atoms with Crippen LogP contribution in [0.3, 0.4) is 0 Å². The minimum Gasteiger partial charge on any atom is -0.372 e. The van der Waals surface area contributed by atoms with Gasteiger partial charge >= 0.3 is 0 Å². The van der Waals surface area contributed by atoms with Crippen LogP contribution in [0.15, 0.2) is 59.1 Å². The molecule has 1 N–H and O–H groups in total. The molecule has 0 saturated carbocycles. The number of nitrogens with one attached hydrogen (secondary N) is 1. The van der Waals surface area contributed by atoms with Crippen molar-refractivity contribution >= 4 is 27.4 Å². The van der Waals surface area contributed by atoms with Gasteiger partial charge in [-0.2, -0.15) is 0 Å². The van der Waals surface area contributed by atoms with Crippen molar-refractivity contribution in [2.75, 3.05) is 5.32 Å². The van der Waals surface area contributed by atoms with E-state index in [2.05, 4.69) is 21.2 Å². The largest absolute Gasteiger partial charge is 0.372 e. The van der Waals surface area contributed by atoms with Gasteiger partial charge in [0.15, 0.2) is 5.78 Å². The Bertz CT molecular complexity index is 599. The smallest absolute Gasteiger partial charge is 0.164 e. The molecular weight excluding hydrogens is 326 g/mol. The van der Waals surface area contributed by atoms with Gasteiger partial charge in [0, 0.05) is 15.6 Å². The molecule has 1 unspecified atom stereocenters. The first-order valence-corrected chi connectivity index (χ1v) is 7.78. The highest BCUT2D eigenvalue weighted by Crippen LogP contribution is 2.29. The van der Waals surface area contributed by atoms with Gasteiger partial charge in [0.25, 0.3) is 0 Å². The van der Waals surface area contributed by atoms with Gasteiger partial charge in [-0.05, 0) is 29.8 Å². The molecule has 0 spiro atoms. The van der Waals surface area contributed by atoms with Crippen molar-refractivity contribution in [2.45, 2.75) is 26.8 Å². The predicted molar refractivity (Wildman–Crippen MR) is 91.4 cm³/mol. The molecule has 2 aromatic carbocycles. The van der Waals surface area contributed by atoms with Crippen LogP contribution < -0.4 is 5.32 Å². The number of Topliss-reactive ketones (excluding diaryl/α,β-unsaturated/α-hetero) is 1. The van der Waals surface area contributed by atoms with E-state index in [-0.39, 0.29) is 11.8 Å². The second kappa shape index (κ2) is 6.44. The molecule has 110 valence electrons. The highest BCUT2D eigenvalue weighted by atomic mass is 79.9. The van der Waals surface area contributed by atoms with E-state index in [0.717, 1.165) is 15.7 Å². The molecule has 3 heteroatoms. The molecule has 2 rings (SSSR count). The highest BCUT2D eigenvalue weighted by Gasteiger charge is 2.30. The van der Waals surface area contributed by atoms with Gasteiger partial charge < -0.3 is 5.32 Å². The SMILES string of the molecule is CC(C)(C)C(=O)C(Nc1ccccc1)c1ccc(Br)cc1. The maximum atomic E-state index is 12.8. The number of benzene rings is 2.